The van der Waals surface area contributed by atoms with Crippen LogP contribution in [-0.4, -0.2) is 24.5 Å². The van der Waals surface area contributed by atoms with E-state index in [1.54, 1.807) is 6.08 Å². The Morgan fingerprint density at radius 2 is 2.05 bits per heavy atom. The van der Waals surface area contributed by atoms with Gasteiger partial charge in [0.1, 0.15) is 0 Å². The lowest BCUT2D eigenvalue weighted by atomic mass is 9.95. The SMILES string of the molecule is O=C(COC(=O)/C=C/c1cccc(Br)c1)NC1CCCCC1. The molecule has 118 valence electrons. The van der Waals surface area contributed by atoms with E-state index in [0.29, 0.717) is 0 Å². The van der Waals surface area contributed by atoms with Crippen LogP contribution in [0.25, 0.3) is 6.08 Å². The number of nitrogens with one attached hydrogen (secondary N) is 1. The topological polar surface area (TPSA) is 55.4 Å². The first-order valence-corrected chi connectivity index (χ1v) is 8.32. The number of halogens is 1. The van der Waals surface area contributed by atoms with Crippen LogP contribution in [0.5, 0.6) is 0 Å². The van der Waals surface area contributed by atoms with Crippen LogP contribution in [-0.2, 0) is 14.3 Å². The number of benzene rings is 1. The summed E-state index contributed by atoms with van der Waals surface area (Å²) in [7, 11) is 0. The Morgan fingerprint density at radius 1 is 1.27 bits per heavy atom. The summed E-state index contributed by atoms with van der Waals surface area (Å²) in [6, 6.07) is 7.79. The molecule has 1 aliphatic rings. The molecule has 5 heteroatoms. The molecule has 2 rings (SSSR count). The molecule has 4 nitrogen and oxygen atoms in total. The van der Waals surface area contributed by atoms with Gasteiger partial charge in [-0.05, 0) is 36.6 Å². The minimum absolute atomic E-state index is 0.224. The highest BCUT2D eigenvalue weighted by Gasteiger charge is 2.16. The van der Waals surface area contributed by atoms with E-state index in [2.05, 4.69) is 21.2 Å². The van der Waals surface area contributed by atoms with Crippen molar-refractivity contribution in [2.45, 2.75) is 38.1 Å². The lowest BCUT2D eigenvalue weighted by Gasteiger charge is -2.22. The highest BCUT2D eigenvalue weighted by Crippen LogP contribution is 2.17. The fourth-order valence-corrected chi connectivity index (χ4v) is 2.89. The van der Waals surface area contributed by atoms with Crippen molar-refractivity contribution in [1.82, 2.24) is 5.32 Å². The molecule has 0 heterocycles. The molecule has 0 aromatic heterocycles. The van der Waals surface area contributed by atoms with E-state index in [-0.39, 0.29) is 18.6 Å². The summed E-state index contributed by atoms with van der Waals surface area (Å²) in [4.78, 5) is 23.3. The molecule has 0 bridgehead atoms. The van der Waals surface area contributed by atoms with Gasteiger partial charge in [0.2, 0.25) is 0 Å². The van der Waals surface area contributed by atoms with E-state index < -0.39 is 5.97 Å². The molecule has 22 heavy (non-hydrogen) atoms. The van der Waals surface area contributed by atoms with Gasteiger partial charge in [0.15, 0.2) is 6.61 Å². The molecule has 0 unspecified atom stereocenters. The van der Waals surface area contributed by atoms with Crippen molar-refractivity contribution in [3.8, 4) is 0 Å². The van der Waals surface area contributed by atoms with Gasteiger partial charge in [-0.15, -0.1) is 0 Å². The summed E-state index contributed by atoms with van der Waals surface area (Å²) >= 11 is 3.36. The van der Waals surface area contributed by atoms with Crippen LogP contribution in [0.15, 0.2) is 34.8 Å². The number of carbonyl (C=O) groups excluding carboxylic acids is 2. The third-order valence-electron chi connectivity index (χ3n) is 3.58. The molecule has 0 saturated heterocycles. The zero-order valence-electron chi connectivity index (χ0n) is 12.4. The van der Waals surface area contributed by atoms with Crippen LogP contribution in [0.2, 0.25) is 0 Å². The van der Waals surface area contributed by atoms with E-state index in [1.807, 2.05) is 24.3 Å². The van der Waals surface area contributed by atoms with Crippen molar-refractivity contribution in [2.24, 2.45) is 0 Å². The molecule has 1 N–H and O–H groups in total. The fraction of sp³-hybridized carbons (Fsp3) is 0.412. The Kier molecular flexibility index (Phi) is 6.65. The fourth-order valence-electron chi connectivity index (χ4n) is 2.48. The zero-order chi connectivity index (χ0) is 15.8. The molecule has 0 aliphatic heterocycles. The molecule has 1 aromatic rings. The molecule has 0 spiro atoms. The van der Waals surface area contributed by atoms with Crippen molar-refractivity contribution < 1.29 is 14.3 Å². The van der Waals surface area contributed by atoms with Crippen molar-refractivity contribution in [2.75, 3.05) is 6.61 Å². The van der Waals surface area contributed by atoms with Crippen molar-refractivity contribution >= 4 is 33.9 Å². The average Bonchev–Trinajstić information content (AvgIpc) is 2.52. The van der Waals surface area contributed by atoms with E-state index in [4.69, 9.17) is 4.74 Å². The van der Waals surface area contributed by atoms with Crippen LogP contribution in [0.1, 0.15) is 37.7 Å². The second-order valence-electron chi connectivity index (χ2n) is 5.40. The van der Waals surface area contributed by atoms with Gasteiger partial charge >= 0.3 is 5.97 Å². The highest BCUT2D eigenvalue weighted by molar-refractivity contribution is 9.10. The van der Waals surface area contributed by atoms with E-state index in [9.17, 15) is 9.59 Å². The molecule has 1 fully saturated rings. The minimum Gasteiger partial charge on any atom is -0.452 e. The lowest BCUT2D eigenvalue weighted by Crippen LogP contribution is -2.38. The summed E-state index contributed by atoms with van der Waals surface area (Å²) < 4.78 is 5.89. The Balaban J connectivity index is 1.71. The van der Waals surface area contributed by atoms with Crippen LogP contribution >= 0.6 is 15.9 Å². The van der Waals surface area contributed by atoms with E-state index >= 15 is 0 Å². The molecular formula is C17H20BrNO3. The summed E-state index contributed by atoms with van der Waals surface area (Å²) in [6.45, 7) is -0.224. The monoisotopic (exact) mass is 365 g/mol. The number of carbonyl (C=O) groups is 2. The lowest BCUT2D eigenvalue weighted by molar-refractivity contribution is -0.144. The second kappa shape index (κ2) is 8.73. The maximum absolute atomic E-state index is 11.7. The van der Waals surface area contributed by atoms with Crippen LogP contribution in [0, 0.1) is 0 Å². The average molecular weight is 366 g/mol. The number of esters is 1. The number of ether oxygens (including phenoxy) is 1. The smallest absolute Gasteiger partial charge is 0.331 e. The molecule has 1 saturated carbocycles. The number of rotatable bonds is 5. The van der Waals surface area contributed by atoms with Gasteiger partial charge in [-0.3, -0.25) is 4.79 Å². The minimum atomic E-state index is -0.515. The molecule has 1 aromatic carbocycles. The summed E-state index contributed by atoms with van der Waals surface area (Å²) in [5, 5.41) is 2.91. The van der Waals surface area contributed by atoms with Crippen LogP contribution < -0.4 is 5.32 Å². The van der Waals surface area contributed by atoms with Crippen molar-refractivity contribution in [3.05, 3.63) is 40.4 Å². The first-order valence-electron chi connectivity index (χ1n) is 7.53. The van der Waals surface area contributed by atoms with Gasteiger partial charge in [-0.1, -0.05) is 47.3 Å². The Morgan fingerprint density at radius 3 is 2.77 bits per heavy atom. The van der Waals surface area contributed by atoms with Gasteiger partial charge < -0.3 is 10.1 Å². The summed E-state index contributed by atoms with van der Waals surface area (Å²) in [6.07, 6.45) is 8.56. The van der Waals surface area contributed by atoms with E-state index in [1.165, 1.54) is 12.5 Å². The molecule has 1 aliphatic carbocycles. The first kappa shape index (κ1) is 16.7. The van der Waals surface area contributed by atoms with Gasteiger partial charge in [-0.25, -0.2) is 4.79 Å². The maximum Gasteiger partial charge on any atom is 0.331 e. The first-order chi connectivity index (χ1) is 10.6. The standard InChI is InChI=1S/C17H20BrNO3/c18-14-6-4-5-13(11-14)9-10-17(21)22-12-16(20)19-15-7-2-1-3-8-15/h4-6,9-11,15H,1-3,7-8,12H2,(H,19,20)/b10-9+. The largest absolute Gasteiger partial charge is 0.452 e. The van der Waals surface area contributed by atoms with Crippen molar-refractivity contribution in [3.63, 3.8) is 0 Å². The Labute approximate surface area is 139 Å². The van der Waals surface area contributed by atoms with Gasteiger partial charge in [0.25, 0.3) is 5.91 Å². The quantitative estimate of drug-likeness (QED) is 0.642. The van der Waals surface area contributed by atoms with Crippen LogP contribution in [0.3, 0.4) is 0 Å². The normalized spacial score (nSPS) is 15.7. The van der Waals surface area contributed by atoms with Crippen molar-refractivity contribution in [1.29, 1.82) is 0 Å². The van der Waals surface area contributed by atoms with Gasteiger partial charge in [-0.2, -0.15) is 0 Å². The van der Waals surface area contributed by atoms with Crippen LogP contribution in [0.4, 0.5) is 0 Å². The number of amides is 1. The predicted octanol–water partition coefficient (Wildman–Crippen LogP) is 3.45. The molecule has 1 amide bonds. The Hall–Kier alpha value is -1.62. The van der Waals surface area contributed by atoms with E-state index in [0.717, 1.165) is 35.7 Å². The third kappa shape index (κ3) is 6.02. The van der Waals surface area contributed by atoms with Gasteiger partial charge in [0, 0.05) is 16.6 Å². The number of hydrogen-bond donors (Lipinski definition) is 1. The Bertz CT molecular complexity index is 551. The highest BCUT2D eigenvalue weighted by atomic mass is 79.9. The summed E-state index contributed by atoms with van der Waals surface area (Å²) in [5.41, 5.74) is 0.887. The molecular weight excluding hydrogens is 346 g/mol. The number of hydrogen-bond acceptors (Lipinski definition) is 3. The van der Waals surface area contributed by atoms with Gasteiger partial charge in [0.05, 0.1) is 0 Å². The molecule has 0 atom stereocenters. The predicted molar refractivity (Wildman–Crippen MR) is 89.2 cm³/mol. The summed E-state index contributed by atoms with van der Waals surface area (Å²) in [5.74, 6) is -0.741. The third-order valence-corrected chi connectivity index (χ3v) is 4.07. The maximum atomic E-state index is 11.7. The second-order valence-corrected chi connectivity index (χ2v) is 6.31. The zero-order valence-corrected chi connectivity index (χ0v) is 14.0. The molecule has 0 radical (unpaired) electrons.